The first kappa shape index (κ1) is 13.7. The van der Waals surface area contributed by atoms with Gasteiger partial charge >= 0.3 is 0 Å². The summed E-state index contributed by atoms with van der Waals surface area (Å²) in [6.07, 6.45) is 7.06. The lowest BCUT2D eigenvalue weighted by Crippen LogP contribution is -2.54. The number of nitrogens with two attached hydrogens (primary N) is 1. The molecule has 8 nitrogen and oxygen atoms in total. The molecule has 2 aromatic heterocycles. The van der Waals surface area contributed by atoms with E-state index in [1.165, 1.54) is 19.3 Å². The average molecular weight is 288 g/mol. The summed E-state index contributed by atoms with van der Waals surface area (Å²) in [5.41, 5.74) is 5.95. The number of hydrogen-bond donors (Lipinski definition) is 2. The van der Waals surface area contributed by atoms with E-state index in [0.717, 1.165) is 6.54 Å². The molecule has 0 saturated heterocycles. The minimum atomic E-state index is 0.186. The highest BCUT2D eigenvalue weighted by atomic mass is 15.4. The molecule has 0 radical (unpaired) electrons. The fourth-order valence-electron chi connectivity index (χ4n) is 2.56. The molecule has 0 spiro atoms. The van der Waals surface area contributed by atoms with Gasteiger partial charge in [-0.15, -0.1) is 0 Å². The van der Waals surface area contributed by atoms with E-state index in [0.29, 0.717) is 11.9 Å². The summed E-state index contributed by atoms with van der Waals surface area (Å²) in [6, 6.07) is 1.81. The van der Waals surface area contributed by atoms with Crippen LogP contribution in [0.25, 0.3) is 5.95 Å². The Morgan fingerprint density at radius 3 is 2.71 bits per heavy atom. The summed E-state index contributed by atoms with van der Waals surface area (Å²) < 4.78 is 1.56. The molecule has 8 heteroatoms. The Kier molecular flexibility index (Phi) is 3.46. The molecule has 21 heavy (non-hydrogen) atoms. The molecule has 0 bridgehead atoms. The predicted molar refractivity (Wildman–Crippen MR) is 80.1 cm³/mol. The van der Waals surface area contributed by atoms with Crippen LogP contribution in [0.2, 0.25) is 0 Å². The number of nitrogen functional groups attached to an aromatic ring is 1. The second kappa shape index (κ2) is 5.28. The van der Waals surface area contributed by atoms with Crippen LogP contribution >= 0.6 is 0 Å². The molecule has 1 saturated carbocycles. The molecule has 0 atom stereocenters. The molecule has 2 heterocycles. The van der Waals surface area contributed by atoms with E-state index < -0.39 is 0 Å². The molecule has 1 fully saturated rings. The lowest BCUT2D eigenvalue weighted by Gasteiger charge is -2.47. The Morgan fingerprint density at radius 2 is 2.14 bits per heavy atom. The van der Waals surface area contributed by atoms with Crippen molar-refractivity contribution in [2.75, 3.05) is 31.7 Å². The van der Waals surface area contributed by atoms with Gasteiger partial charge in [-0.2, -0.15) is 20.1 Å². The molecule has 2 aromatic rings. The number of rotatable bonds is 5. The smallest absolute Gasteiger partial charge is 0.257 e. The number of likely N-dealkylation sites (N-methyl/N-ethyl adjacent to an activating group) is 1. The molecule has 3 N–H and O–H groups in total. The Hall–Kier alpha value is -2.22. The van der Waals surface area contributed by atoms with Crippen molar-refractivity contribution in [1.29, 1.82) is 0 Å². The van der Waals surface area contributed by atoms with Crippen LogP contribution in [0.3, 0.4) is 0 Å². The summed E-state index contributed by atoms with van der Waals surface area (Å²) >= 11 is 0. The van der Waals surface area contributed by atoms with Crippen molar-refractivity contribution in [3.63, 3.8) is 0 Å². The van der Waals surface area contributed by atoms with Gasteiger partial charge in [0.15, 0.2) is 0 Å². The number of aromatic nitrogens is 5. The first-order chi connectivity index (χ1) is 10.1. The molecule has 0 aromatic carbocycles. The predicted octanol–water partition coefficient (Wildman–Crippen LogP) is 0.536. The van der Waals surface area contributed by atoms with E-state index in [1.54, 1.807) is 17.1 Å². The lowest BCUT2D eigenvalue weighted by atomic mass is 9.75. The molecule has 1 aliphatic rings. The molecule has 3 rings (SSSR count). The highest BCUT2D eigenvalue weighted by molar-refractivity contribution is 5.35. The highest BCUT2D eigenvalue weighted by Crippen LogP contribution is 2.36. The van der Waals surface area contributed by atoms with Crippen molar-refractivity contribution in [2.24, 2.45) is 0 Å². The third kappa shape index (κ3) is 2.66. The zero-order chi connectivity index (χ0) is 14.9. The maximum absolute atomic E-state index is 5.76. The summed E-state index contributed by atoms with van der Waals surface area (Å²) in [5, 5.41) is 7.39. The van der Waals surface area contributed by atoms with Gasteiger partial charge in [-0.25, -0.2) is 4.68 Å². The number of nitrogens with zero attached hydrogens (tertiary/aromatic N) is 6. The maximum atomic E-state index is 5.76. The van der Waals surface area contributed by atoms with Crippen LogP contribution in [0.15, 0.2) is 18.5 Å². The summed E-state index contributed by atoms with van der Waals surface area (Å²) in [4.78, 5) is 14.9. The SMILES string of the molecule is CN(C)C1(CNc2nc(N)nc(-n3cccn3)n2)CCC1. The summed E-state index contributed by atoms with van der Waals surface area (Å²) in [5.74, 6) is 1.09. The standard InChI is InChI=1S/C13H20N8/c1-20(2)13(5-3-6-13)9-15-11-17-10(14)18-12(19-11)21-8-4-7-16-21/h4,7-8H,3,5-6,9H2,1-2H3,(H3,14,15,17,18,19). The van der Waals surface area contributed by atoms with Gasteiger partial charge in [0.2, 0.25) is 11.9 Å². The molecule has 1 aliphatic carbocycles. The van der Waals surface area contributed by atoms with Crippen molar-refractivity contribution in [3.8, 4) is 5.95 Å². The van der Waals surface area contributed by atoms with Crippen molar-refractivity contribution < 1.29 is 0 Å². The van der Waals surface area contributed by atoms with Gasteiger partial charge in [0.1, 0.15) is 0 Å². The zero-order valence-electron chi connectivity index (χ0n) is 12.3. The van der Waals surface area contributed by atoms with E-state index in [4.69, 9.17) is 5.73 Å². The lowest BCUT2D eigenvalue weighted by molar-refractivity contribution is 0.0737. The van der Waals surface area contributed by atoms with Gasteiger partial charge in [-0.1, -0.05) is 0 Å². The van der Waals surface area contributed by atoms with E-state index in [9.17, 15) is 0 Å². The van der Waals surface area contributed by atoms with Crippen molar-refractivity contribution in [3.05, 3.63) is 18.5 Å². The van der Waals surface area contributed by atoms with Crippen molar-refractivity contribution in [1.82, 2.24) is 29.6 Å². The van der Waals surface area contributed by atoms with Crippen molar-refractivity contribution >= 4 is 11.9 Å². The van der Waals surface area contributed by atoms with Gasteiger partial charge in [-0.3, -0.25) is 0 Å². The third-order valence-corrected chi connectivity index (χ3v) is 4.16. The molecule has 0 unspecified atom stereocenters. The fourth-order valence-corrected chi connectivity index (χ4v) is 2.56. The maximum Gasteiger partial charge on any atom is 0.257 e. The molecule has 112 valence electrons. The van der Waals surface area contributed by atoms with Crippen LogP contribution in [-0.2, 0) is 0 Å². The van der Waals surface area contributed by atoms with Gasteiger partial charge < -0.3 is 16.0 Å². The Morgan fingerprint density at radius 1 is 1.33 bits per heavy atom. The Bertz CT molecular complexity index is 603. The monoisotopic (exact) mass is 288 g/mol. The van der Waals surface area contributed by atoms with Gasteiger partial charge in [0.05, 0.1) is 0 Å². The minimum absolute atomic E-state index is 0.186. The van der Waals surface area contributed by atoms with Gasteiger partial charge in [0, 0.05) is 24.5 Å². The fraction of sp³-hybridized carbons (Fsp3) is 0.538. The normalized spacial score (nSPS) is 16.7. The van der Waals surface area contributed by atoms with Gasteiger partial charge in [-0.05, 0) is 39.4 Å². The number of hydrogen-bond acceptors (Lipinski definition) is 7. The number of nitrogens with one attached hydrogen (secondary N) is 1. The average Bonchev–Trinajstić information content (AvgIpc) is 2.90. The van der Waals surface area contributed by atoms with Crippen LogP contribution in [-0.4, -0.2) is 55.8 Å². The van der Waals surface area contributed by atoms with Crippen LogP contribution in [0.1, 0.15) is 19.3 Å². The Labute approximate surface area is 123 Å². The zero-order valence-corrected chi connectivity index (χ0v) is 12.3. The Balaban J connectivity index is 1.77. The molecule has 0 amide bonds. The van der Waals surface area contributed by atoms with E-state index >= 15 is 0 Å². The van der Waals surface area contributed by atoms with Crippen molar-refractivity contribution in [2.45, 2.75) is 24.8 Å². The van der Waals surface area contributed by atoms with E-state index in [-0.39, 0.29) is 11.5 Å². The first-order valence-electron chi connectivity index (χ1n) is 7.02. The first-order valence-corrected chi connectivity index (χ1v) is 7.02. The second-order valence-electron chi connectivity index (χ2n) is 5.59. The third-order valence-electron chi connectivity index (χ3n) is 4.16. The number of anilines is 2. The van der Waals surface area contributed by atoms with E-state index in [2.05, 4.69) is 44.4 Å². The molecule has 0 aliphatic heterocycles. The van der Waals surface area contributed by atoms with Crippen LogP contribution in [0.4, 0.5) is 11.9 Å². The topological polar surface area (TPSA) is 97.8 Å². The van der Waals surface area contributed by atoms with E-state index in [1.807, 2.05) is 6.07 Å². The second-order valence-corrected chi connectivity index (χ2v) is 5.59. The largest absolute Gasteiger partial charge is 0.368 e. The highest BCUT2D eigenvalue weighted by Gasteiger charge is 2.38. The van der Waals surface area contributed by atoms with Crippen LogP contribution in [0.5, 0.6) is 0 Å². The summed E-state index contributed by atoms with van der Waals surface area (Å²) in [7, 11) is 4.22. The minimum Gasteiger partial charge on any atom is -0.368 e. The molecular weight excluding hydrogens is 268 g/mol. The van der Waals surface area contributed by atoms with Crippen LogP contribution in [0, 0.1) is 0 Å². The van der Waals surface area contributed by atoms with Crippen LogP contribution < -0.4 is 11.1 Å². The molecular formula is C13H20N8. The summed E-state index contributed by atoms with van der Waals surface area (Å²) in [6.45, 7) is 0.794. The quantitative estimate of drug-likeness (QED) is 0.828. The van der Waals surface area contributed by atoms with Gasteiger partial charge in [0.25, 0.3) is 5.95 Å².